The van der Waals surface area contributed by atoms with Crippen LogP contribution in [-0.2, 0) is 95.4 Å². The Kier molecular flexibility index (Phi) is 40.0. The summed E-state index contributed by atoms with van der Waals surface area (Å²) in [5, 5.41) is 27.7. The minimum Gasteiger partial charge on any atom is -0.480 e. The number of nitrogens with two attached hydrogens (primary N) is 1. The number of ether oxygens (including phenoxy) is 8. The van der Waals surface area contributed by atoms with Gasteiger partial charge >= 0.3 is 59.7 Å². The van der Waals surface area contributed by atoms with Crippen molar-refractivity contribution in [2.45, 2.75) is 280 Å². The zero-order chi connectivity index (χ0) is 81.7. The highest BCUT2D eigenvalue weighted by Gasteiger charge is 2.42. The third-order valence-corrected chi connectivity index (χ3v) is 15.1. The van der Waals surface area contributed by atoms with E-state index in [1.165, 1.54) is 19.6 Å². The van der Waals surface area contributed by atoms with E-state index in [1.807, 2.05) is 0 Å². The first-order chi connectivity index (χ1) is 48.2. The third-order valence-electron chi connectivity index (χ3n) is 15.1. The fraction of sp³-hybridized carbons (Fsp3) is 0.840. The van der Waals surface area contributed by atoms with Crippen LogP contribution in [0, 0.1) is 11.8 Å². The van der Waals surface area contributed by atoms with Crippen LogP contribution < -0.4 is 16.4 Å². The number of amides is 2. The van der Waals surface area contributed by atoms with Gasteiger partial charge in [0.15, 0.2) is 0 Å². The quantitative estimate of drug-likeness (QED) is 0.0291. The molecule has 1 rings (SSSR count). The molecule has 1 unspecified atom stereocenters. The molecular formula is C75H135N9O22. The highest BCUT2D eigenvalue weighted by atomic mass is 16.6. The van der Waals surface area contributed by atoms with Gasteiger partial charge < -0.3 is 64.5 Å². The Hall–Kier alpha value is -6.64. The van der Waals surface area contributed by atoms with Gasteiger partial charge in [0.1, 0.15) is 56.9 Å². The van der Waals surface area contributed by atoms with Gasteiger partial charge in [-0.2, -0.15) is 0 Å². The van der Waals surface area contributed by atoms with Gasteiger partial charge in [-0.05, 0) is 218 Å². The van der Waals surface area contributed by atoms with E-state index in [1.54, 1.807) is 176 Å². The highest BCUT2D eigenvalue weighted by molar-refractivity contribution is 5.88. The maximum Gasteiger partial charge on any atom is 0.320 e. The van der Waals surface area contributed by atoms with E-state index < -0.39 is 146 Å². The number of unbranched alkanes of at least 4 members (excludes halogenated alkanes) is 2. The fourth-order valence-electron chi connectivity index (χ4n) is 11.4. The van der Waals surface area contributed by atoms with Crippen molar-refractivity contribution in [3.05, 3.63) is 0 Å². The van der Waals surface area contributed by atoms with Crippen LogP contribution in [-0.4, -0.2) is 292 Å². The molecule has 0 aliphatic heterocycles. The molecule has 0 aromatic rings. The van der Waals surface area contributed by atoms with Crippen LogP contribution in [0.2, 0.25) is 0 Å². The number of carbonyl (C=O) groups excluding carboxylic acids is 10. The Morgan fingerprint density at radius 1 is 0.321 bits per heavy atom. The lowest BCUT2D eigenvalue weighted by atomic mass is 9.94. The van der Waals surface area contributed by atoms with Crippen molar-refractivity contribution in [3.8, 4) is 0 Å². The van der Waals surface area contributed by atoms with E-state index in [0.717, 1.165) is 0 Å². The largest absolute Gasteiger partial charge is 0.480 e. The second-order valence-corrected chi connectivity index (χ2v) is 35.3. The first kappa shape index (κ1) is 97.4. The van der Waals surface area contributed by atoms with Gasteiger partial charge in [-0.25, -0.2) is 0 Å². The Balaban J connectivity index is 3.50. The maximum atomic E-state index is 14.0. The van der Waals surface area contributed by atoms with Crippen LogP contribution in [0.5, 0.6) is 0 Å². The van der Waals surface area contributed by atoms with E-state index in [2.05, 4.69) is 10.6 Å². The van der Waals surface area contributed by atoms with Crippen LogP contribution in [0.15, 0.2) is 0 Å². The van der Waals surface area contributed by atoms with Crippen LogP contribution in [0.1, 0.15) is 218 Å². The molecule has 2 amide bonds. The summed E-state index contributed by atoms with van der Waals surface area (Å²) in [5.41, 5.74) is -0.487. The smallest absolute Gasteiger partial charge is 0.320 e. The van der Waals surface area contributed by atoms with Crippen LogP contribution >= 0.6 is 0 Å². The Morgan fingerprint density at radius 3 is 0.660 bits per heavy atom. The third kappa shape index (κ3) is 47.9. The number of esters is 8. The van der Waals surface area contributed by atoms with E-state index in [0.29, 0.717) is 12.8 Å². The summed E-state index contributed by atoms with van der Waals surface area (Å²) in [6, 6.07) is -2.88. The number of hydrogen-bond acceptors (Lipinski definition) is 27. The summed E-state index contributed by atoms with van der Waals surface area (Å²) >= 11 is 0. The topological polar surface area (TPSA) is 389 Å². The van der Waals surface area contributed by atoms with Crippen molar-refractivity contribution in [1.82, 2.24) is 40.0 Å². The van der Waals surface area contributed by atoms with E-state index >= 15 is 0 Å². The maximum absolute atomic E-state index is 14.0. The van der Waals surface area contributed by atoms with Crippen molar-refractivity contribution in [1.29, 1.82) is 0 Å². The van der Waals surface area contributed by atoms with Gasteiger partial charge in [0, 0.05) is 71.5 Å². The normalized spacial score (nSPS) is 16.2. The summed E-state index contributed by atoms with van der Waals surface area (Å²) in [6.07, 6.45) is 1.62. The number of carboxylic acid groups (broad SMARTS) is 2. The average Bonchev–Trinajstić information content (AvgIpc) is 1.68. The van der Waals surface area contributed by atoms with Crippen LogP contribution in [0.3, 0.4) is 0 Å². The van der Waals surface area contributed by atoms with E-state index in [4.69, 9.17) is 43.6 Å². The molecule has 31 nitrogen and oxygen atoms in total. The second kappa shape index (κ2) is 43.5. The van der Waals surface area contributed by atoms with Gasteiger partial charge in [-0.15, -0.1) is 0 Å². The molecule has 0 aromatic carbocycles. The Morgan fingerprint density at radius 2 is 0.500 bits per heavy atom. The van der Waals surface area contributed by atoms with Gasteiger partial charge in [0.2, 0.25) is 11.8 Å². The summed E-state index contributed by atoms with van der Waals surface area (Å²) in [6.45, 7) is 38.0. The SMILES string of the molecule is CC(C)(C)OC(=O)CN(CCN(CCN(CC(=O)OC(C)(C)C)CC(=O)OC(C)(C)C)[C@@H](CCCCNC(=O)[C@H]1CC(N)C[C@H]1C(=O)NCCCC[C@@H](C(=O)O)N(CCN(CC(=O)OC(C)(C)C)CC(=O)OC(C)(C)C)CCN(CC(=O)OC(C)(C)C)CC(=O)OC(C)(C)C)C(=O)O)CC(=O)OC(C)(C)C. The number of hydrogen-bond donors (Lipinski definition) is 5. The molecule has 0 heterocycles. The van der Waals surface area contributed by atoms with E-state index in [-0.39, 0.29) is 156 Å². The minimum absolute atomic E-state index is 0.0272. The summed E-state index contributed by atoms with van der Waals surface area (Å²) in [5.74, 6) is -9.98. The Bertz CT molecular complexity index is 2410. The lowest BCUT2D eigenvalue weighted by molar-refractivity contribution is -0.162. The summed E-state index contributed by atoms with van der Waals surface area (Å²) in [4.78, 5) is 170. The lowest BCUT2D eigenvalue weighted by Gasteiger charge is -2.34. The molecule has 0 bridgehead atoms. The molecular weight excluding hydrogens is 1380 g/mol. The van der Waals surface area contributed by atoms with Crippen molar-refractivity contribution in [3.63, 3.8) is 0 Å². The van der Waals surface area contributed by atoms with Gasteiger partial charge in [0.25, 0.3) is 0 Å². The highest BCUT2D eigenvalue weighted by Crippen LogP contribution is 2.32. The number of nitrogens with zero attached hydrogens (tertiary/aromatic N) is 6. The minimum atomic E-state index is -1.21. The lowest BCUT2D eigenvalue weighted by Crippen LogP contribution is -2.50. The average molecular weight is 1510 g/mol. The van der Waals surface area contributed by atoms with Crippen LogP contribution in [0.4, 0.5) is 0 Å². The molecule has 1 saturated carbocycles. The fourth-order valence-corrected chi connectivity index (χ4v) is 11.4. The monoisotopic (exact) mass is 1510 g/mol. The molecule has 0 radical (unpaired) electrons. The molecule has 31 heteroatoms. The number of carboxylic acids is 2. The van der Waals surface area contributed by atoms with Crippen molar-refractivity contribution in [2.75, 3.05) is 118 Å². The van der Waals surface area contributed by atoms with Crippen LogP contribution in [0.25, 0.3) is 0 Å². The molecule has 0 spiro atoms. The Labute approximate surface area is 630 Å². The second-order valence-electron chi connectivity index (χ2n) is 35.3. The van der Waals surface area contributed by atoms with Crippen molar-refractivity contribution in [2.24, 2.45) is 17.6 Å². The standard InChI is InChI=1S/C75H135N9O22/c1-68(2,3)99-56(85)43-79(44-57(86)100-69(4,5)6)33-37-83(38-34-80(45-58(87)101-70(7,8)9)46-59(88)102-71(10,11)12)54(66(95)96)29-25-27-31-77-64(93)52-41-51(76)42-53(52)65(94)78-32-28-26-30-55(67(97)98)84(39-35-81(47-60(89)103-72(13,14)15)48-61(90)104-73(16,17)18)40-36-82(49-62(91)105-74(19,20)21)50-63(92)106-75(22,23)24/h51-55H,25-50,76H2,1-24H3,(H,77,93)(H,78,94)(H,95,96)(H,97,98)/t51?,52-,53+,54-,55-/m0/s1. The van der Waals surface area contributed by atoms with E-state index in [9.17, 15) is 67.7 Å². The molecule has 0 aromatic heterocycles. The predicted molar refractivity (Wildman–Crippen MR) is 396 cm³/mol. The summed E-state index contributed by atoms with van der Waals surface area (Å²) in [7, 11) is 0. The first-order valence-corrected chi connectivity index (χ1v) is 37.0. The predicted octanol–water partition coefficient (Wildman–Crippen LogP) is 5.36. The molecule has 5 atom stereocenters. The molecule has 1 aliphatic carbocycles. The van der Waals surface area contributed by atoms with Crippen molar-refractivity contribution >= 4 is 71.5 Å². The molecule has 612 valence electrons. The number of rotatable bonds is 44. The number of nitrogens with one attached hydrogen (secondary N) is 2. The summed E-state index contributed by atoms with van der Waals surface area (Å²) < 4.78 is 44.7. The number of carbonyl (C=O) groups is 12. The van der Waals surface area contributed by atoms with Gasteiger partial charge in [0.05, 0.1) is 64.2 Å². The zero-order valence-corrected chi connectivity index (χ0v) is 68.6. The first-order valence-electron chi connectivity index (χ1n) is 37.0. The molecule has 1 aliphatic rings. The molecule has 0 saturated heterocycles. The van der Waals surface area contributed by atoms with Gasteiger partial charge in [-0.1, -0.05) is 0 Å². The number of aliphatic carboxylic acids is 2. The van der Waals surface area contributed by atoms with Gasteiger partial charge in [-0.3, -0.25) is 86.9 Å². The molecule has 6 N–H and O–H groups in total. The van der Waals surface area contributed by atoms with Crippen molar-refractivity contribution < 1.29 is 106 Å². The molecule has 1 fully saturated rings. The zero-order valence-electron chi connectivity index (χ0n) is 68.6. The molecule has 106 heavy (non-hydrogen) atoms.